The number of nitrogens with zero attached hydrogens (tertiary/aromatic N) is 2. The van der Waals surface area contributed by atoms with Crippen LogP contribution in [0.4, 0.5) is 5.95 Å². The number of hydrazone groups is 1. The second-order valence-electron chi connectivity index (χ2n) is 6.97. The predicted molar refractivity (Wildman–Crippen MR) is 120 cm³/mol. The van der Waals surface area contributed by atoms with E-state index in [1.54, 1.807) is 12.3 Å². The average Bonchev–Trinajstić information content (AvgIpc) is 2.71. The standard InChI is InChI=1S/C22H31ClN4O2/c1-3-5-6-7-8-9-10-13-29-20-12-11-17(14-19(20)23)16-24-27-22-25-18(4-2)15-21(28)26-22/h11-12,14-16H,3-10,13H2,1-2H3,(H2,25,26,27,28)/b24-16-. The molecule has 0 fully saturated rings. The molecule has 0 amide bonds. The lowest BCUT2D eigenvalue weighted by molar-refractivity contribution is 0.304. The summed E-state index contributed by atoms with van der Waals surface area (Å²) in [5.74, 6) is 0.996. The molecule has 0 saturated heterocycles. The van der Waals surface area contributed by atoms with Crippen LogP contribution in [0.5, 0.6) is 5.75 Å². The normalized spacial score (nSPS) is 11.1. The van der Waals surface area contributed by atoms with Gasteiger partial charge in [0.25, 0.3) is 5.56 Å². The first-order valence-electron chi connectivity index (χ1n) is 10.4. The summed E-state index contributed by atoms with van der Waals surface area (Å²) in [7, 11) is 0. The van der Waals surface area contributed by atoms with Crippen LogP contribution < -0.4 is 15.7 Å². The van der Waals surface area contributed by atoms with Crippen molar-refractivity contribution in [2.24, 2.45) is 5.10 Å². The van der Waals surface area contributed by atoms with Gasteiger partial charge in [0, 0.05) is 11.8 Å². The topological polar surface area (TPSA) is 79.4 Å². The molecule has 1 heterocycles. The van der Waals surface area contributed by atoms with Crippen LogP contribution in [0.15, 0.2) is 34.2 Å². The van der Waals surface area contributed by atoms with Crippen LogP contribution >= 0.6 is 11.6 Å². The highest BCUT2D eigenvalue weighted by Crippen LogP contribution is 2.25. The minimum Gasteiger partial charge on any atom is -0.492 e. The number of H-pyrrole nitrogens is 1. The van der Waals surface area contributed by atoms with Crippen LogP contribution in [-0.2, 0) is 6.42 Å². The molecular weight excluding hydrogens is 388 g/mol. The van der Waals surface area contributed by atoms with E-state index in [9.17, 15) is 4.79 Å². The van der Waals surface area contributed by atoms with E-state index < -0.39 is 0 Å². The third-order valence-corrected chi connectivity index (χ3v) is 4.80. The maximum atomic E-state index is 11.6. The molecule has 0 bridgehead atoms. The van der Waals surface area contributed by atoms with Gasteiger partial charge in [-0.1, -0.05) is 64.0 Å². The van der Waals surface area contributed by atoms with Gasteiger partial charge in [-0.05, 0) is 36.6 Å². The lowest BCUT2D eigenvalue weighted by atomic mass is 10.1. The van der Waals surface area contributed by atoms with Crippen molar-refractivity contribution in [3.63, 3.8) is 0 Å². The van der Waals surface area contributed by atoms with Crippen molar-refractivity contribution in [3.05, 3.63) is 50.9 Å². The van der Waals surface area contributed by atoms with E-state index in [0.29, 0.717) is 35.4 Å². The minimum absolute atomic E-state index is 0.208. The molecule has 0 unspecified atom stereocenters. The summed E-state index contributed by atoms with van der Waals surface area (Å²) >= 11 is 6.32. The quantitative estimate of drug-likeness (QED) is 0.253. The van der Waals surface area contributed by atoms with E-state index in [4.69, 9.17) is 16.3 Å². The Bertz CT molecular complexity index is 836. The van der Waals surface area contributed by atoms with Gasteiger partial charge in [0.15, 0.2) is 0 Å². The van der Waals surface area contributed by atoms with Crippen LogP contribution in [-0.4, -0.2) is 22.8 Å². The zero-order chi connectivity index (χ0) is 20.9. The van der Waals surface area contributed by atoms with Crippen LogP contribution in [0.25, 0.3) is 0 Å². The van der Waals surface area contributed by atoms with E-state index in [1.165, 1.54) is 44.6 Å². The molecule has 0 radical (unpaired) electrons. The maximum Gasteiger partial charge on any atom is 0.252 e. The smallest absolute Gasteiger partial charge is 0.252 e. The van der Waals surface area contributed by atoms with Crippen molar-refractivity contribution in [2.45, 2.75) is 65.2 Å². The molecule has 2 rings (SSSR count). The SMILES string of the molecule is CCCCCCCCCOc1ccc(/C=N\Nc2nc(CC)cc(=O)[nH]2)cc1Cl. The third-order valence-electron chi connectivity index (χ3n) is 4.50. The van der Waals surface area contributed by atoms with Gasteiger partial charge in [-0.2, -0.15) is 5.10 Å². The molecule has 0 aliphatic rings. The number of aryl methyl sites for hydroxylation is 1. The number of benzene rings is 1. The van der Waals surface area contributed by atoms with Gasteiger partial charge < -0.3 is 4.74 Å². The number of anilines is 1. The lowest BCUT2D eigenvalue weighted by Gasteiger charge is -2.08. The Labute approximate surface area is 177 Å². The van der Waals surface area contributed by atoms with Crippen LogP contribution in [0, 0.1) is 0 Å². The first kappa shape index (κ1) is 22.9. The van der Waals surface area contributed by atoms with Crippen LogP contribution in [0.1, 0.15) is 70.1 Å². The molecule has 7 heteroatoms. The molecule has 1 aromatic carbocycles. The molecule has 0 atom stereocenters. The third kappa shape index (κ3) is 8.69. The highest BCUT2D eigenvalue weighted by atomic mass is 35.5. The van der Waals surface area contributed by atoms with Crippen LogP contribution in [0.2, 0.25) is 5.02 Å². The van der Waals surface area contributed by atoms with E-state index in [1.807, 2.05) is 19.1 Å². The molecule has 1 aromatic heterocycles. The molecule has 29 heavy (non-hydrogen) atoms. The average molecular weight is 419 g/mol. The predicted octanol–water partition coefficient (Wildman–Crippen LogP) is 5.56. The number of nitrogens with one attached hydrogen (secondary N) is 2. The summed E-state index contributed by atoms with van der Waals surface area (Å²) < 4.78 is 5.79. The summed E-state index contributed by atoms with van der Waals surface area (Å²) in [6.45, 7) is 4.85. The second kappa shape index (κ2) is 13.0. The van der Waals surface area contributed by atoms with Crippen molar-refractivity contribution in [1.29, 1.82) is 0 Å². The minimum atomic E-state index is -0.208. The fraction of sp³-hybridized carbons (Fsp3) is 0.500. The highest BCUT2D eigenvalue weighted by molar-refractivity contribution is 6.32. The van der Waals surface area contributed by atoms with Crippen molar-refractivity contribution >= 4 is 23.8 Å². The molecule has 158 valence electrons. The lowest BCUT2D eigenvalue weighted by Crippen LogP contribution is -2.11. The molecule has 0 saturated carbocycles. The number of halogens is 1. The van der Waals surface area contributed by atoms with Crippen molar-refractivity contribution in [2.75, 3.05) is 12.0 Å². The van der Waals surface area contributed by atoms with Crippen LogP contribution in [0.3, 0.4) is 0 Å². The largest absolute Gasteiger partial charge is 0.492 e. The van der Waals surface area contributed by atoms with E-state index in [-0.39, 0.29) is 5.56 Å². The fourth-order valence-electron chi connectivity index (χ4n) is 2.87. The number of aromatic nitrogens is 2. The zero-order valence-corrected chi connectivity index (χ0v) is 18.1. The molecule has 6 nitrogen and oxygen atoms in total. The molecule has 0 aliphatic carbocycles. The Morgan fingerprint density at radius 3 is 2.62 bits per heavy atom. The summed E-state index contributed by atoms with van der Waals surface area (Å²) in [6, 6.07) is 7.00. The Morgan fingerprint density at radius 1 is 1.14 bits per heavy atom. The summed E-state index contributed by atoms with van der Waals surface area (Å²) in [5, 5.41) is 4.66. The van der Waals surface area contributed by atoms with Gasteiger partial charge in [-0.15, -0.1) is 0 Å². The number of unbranched alkanes of at least 4 members (excludes halogenated alkanes) is 6. The van der Waals surface area contributed by atoms with Gasteiger partial charge in [-0.3, -0.25) is 9.78 Å². The Balaban J connectivity index is 1.78. The monoisotopic (exact) mass is 418 g/mol. The Morgan fingerprint density at radius 2 is 1.90 bits per heavy atom. The van der Waals surface area contributed by atoms with Crippen molar-refractivity contribution < 1.29 is 4.74 Å². The maximum absolute atomic E-state index is 11.6. The second-order valence-corrected chi connectivity index (χ2v) is 7.38. The van der Waals surface area contributed by atoms with Gasteiger partial charge in [0.1, 0.15) is 5.75 Å². The molecule has 2 aromatic rings. The molecule has 0 aliphatic heterocycles. The van der Waals surface area contributed by atoms with Gasteiger partial charge in [0.2, 0.25) is 5.95 Å². The Hall–Kier alpha value is -2.34. The first-order chi connectivity index (χ1) is 14.1. The van der Waals surface area contributed by atoms with Crippen molar-refractivity contribution in [3.8, 4) is 5.75 Å². The Kier molecular flexibility index (Phi) is 10.3. The fourth-order valence-corrected chi connectivity index (χ4v) is 3.11. The van der Waals surface area contributed by atoms with Gasteiger partial charge in [-0.25, -0.2) is 10.4 Å². The van der Waals surface area contributed by atoms with Gasteiger partial charge >= 0.3 is 0 Å². The molecular formula is C22H31ClN4O2. The number of hydrogen-bond acceptors (Lipinski definition) is 5. The molecule has 2 N–H and O–H groups in total. The summed E-state index contributed by atoms with van der Waals surface area (Å²) in [4.78, 5) is 18.4. The van der Waals surface area contributed by atoms with Gasteiger partial charge in [0.05, 0.1) is 17.8 Å². The number of ether oxygens (including phenoxy) is 1. The van der Waals surface area contributed by atoms with E-state index in [2.05, 4.69) is 27.4 Å². The number of aromatic amines is 1. The number of rotatable bonds is 13. The van der Waals surface area contributed by atoms with E-state index in [0.717, 1.165) is 12.0 Å². The first-order valence-corrected chi connectivity index (χ1v) is 10.8. The zero-order valence-electron chi connectivity index (χ0n) is 17.3. The molecule has 0 spiro atoms. The number of hydrogen-bond donors (Lipinski definition) is 2. The van der Waals surface area contributed by atoms with Crippen molar-refractivity contribution in [1.82, 2.24) is 9.97 Å². The highest BCUT2D eigenvalue weighted by Gasteiger charge is 2.03. The van der Waals surface area contributed by atoms with E-state index >= 15 is 0 Å². The summed E-state index contributed by atoms with van der Waals surface area (Å²) in [6.07, 6.45) is 11.0. The summed E-state index contributed by atoms with van der Waals surface area (Å²) in [5.41, 5.74) is 4.05.